The normalized spacial score (nSPS) is 11.2. The van der Waals surface area contributed by atoms with Crippen LogP contribution in [-0.2, 0) is 7.05 Å². The number of aryl methyl sites for hydroxylation is 3. The van der Waals surface area contributed by atoms with E-state index in [4.69, 9.17) is 0 Å². The van der Waals surface area contributed by atoms with Gasteiger partial charge in [0, 0.05) is 18.4 Å². The van der Waals surface area contributed by atoms with E-state index in [9.17, 15) is 4.79 Å². The van der Waals surface area contributed by atoms with Crippen molar-refractivity contribution in [1.29, 1.82) is 0 Å². The number of anilines is 1. The van der Waals surface area contributed by atoms with Crippen LogP contribution in [0.2, 0.25) is 0 Å². The number of nitrogens with one attached hydrogen (secondary N) is 1. The van der Waals surface area contributed by atoms with E-state index >= 15 is 0 Å². The van der Waals surface area contributed by atoms with Crippen molar-refractivity contribution in [3.63, 3.8) is 0 Å². The van der Waals surface area contributed by atoms with Crippen molar-refractivity contribution in [2.24, 2.45) is 7.05 Å². The zero-order chi connectivity index (χ0) is 17.6. The number of benzene rings is 2. The van der Waals surface area contributed by atoms with E-state index in [0.29, 0.717) is 5.56 Å². The quantitative estimate of drug-likeness (QED) is 0.604. The fourth-order valence-corrected chi connectivity index (χ4v) is 3.21. The summed E-state index contributed by atoms with van der Waals surface area (Å²) < 4.78 is 1.71. The average Bonchev–Trinajstić information content (AvgIpc) is 2.88. The molecule has 4 aromatic rings. The minimum Gasteiger partial charge on any atom is -0.322 e. The molecular weight excluding hydrogens is 312 g/mol. The summed E-state index contributed by atoms with van der Waals surface area (Å²) in [5, 5.41) is 10.4. The van der Waals surface area contributed by atoms with Crippen molar-refractivity contribution < 1.29 is 4.79 Å². The lowest BCUT2D eigenvalue weighted by Crippen LogP contribution is -2.13. The van der Waals surface area contributed by atoms with E-state index in [2.05, 4.69) is 21.5 Å². The predicted octanol–water partition coefficient (Wildman–Crippen LogP) is 3.99. The molecule has 0 bridgehead atoms. The number of fused-ring (bicyclic) bond motifs is 2. The number of amides is 1. The molecule has 1 N–H and O–H groups in total. The van der Waals surface area contributed by atoms with Crippen molar-refractivity contribution >= 4 is 33.4 Å². The van der Waals surface area contributed by atoms with Crippen LogP contribution in [0.1, 0.15) is 21.7 Å². The Balaban J connectivity index is 1.76. The van der Waals surface area contributed by atoms with Gasteiger partial charge in [-0.25, -0.2) is 4.98 Å². The molecule has 25 heavy (non-hydrogen) atoms. The number of hydrogen-bond donors (Lipinski definition) is 1. The fourth-order valence-electron chi connectivity index (χ4n) is 3.21. The lowest BCUT2D eigenvalue weighted by atomic mass is 10.1. The Morgan fingerprint density at radius 2 is 1.80 bits per heavy atom. The van der Waals surface area contributed by atoms with Crippen LogP contribution in [0.5, 0.6) is 0 Å². The molecule has 0 unspecified atom stereocenters. The van der Waals surface area contributed by atoms with Gasteiger partial charge in [0.05, 0.1) is 16.6 Å². The molecular formula is C20H18N4O. The summed E-state index contributed by atoms with van der Waals surface area (Å²) in [6, 6.07) is 15.8. The Bertz CT molecular complexity index is 1130. The minimum absolute atomic E-state index is 0.151. The molecule has 0 aliphatic carbocycles. The van der Waals surface area contributed by atoms with Gasteiger partial charge in [-0.2, -0.15) is 5.10 Å². The monoisotopic (exact) mass is 330 g/mol. The molecule has 2 heterocycles. The Labute approximate surface area is 145 Å². The van der Waals surface area contributed by atoms with Gasteiger partial charge in [0.25, 0.3) is 5.91 Å². The van der Waals surface area contributed by atoms with Crippen LogP contribution in [0.3, 0.4) is 0 Å². The molecule has 0 atom stereocenters. The van der Waals surface area contributed by atoms with Crippen LogP contribution in [-0.4, -0.2) is 20.7 Å². The number of pyridine rings is 1. The minimum atomic E-state index is -0.151. The first-order valence-corrected chi connectivity index (χ1v) is 8.14. The molecule has 124 valence electrons. The largest absolute Gasteiger partial charge is 0.322 e. The molecule has 0 saturated heterocycles. The summed E-state index contributed by atoms with van der Waals surface area (Å²) in [6.07, 6.45) is 0. The third-order valence-electron chi connectivity index (χ3n) is 4.35. The maximum absolute atomic E-state index is 12.9. The number of hydrogen-bond acceptors (Lipinski definition) is 3. The van der Waals surface area contributed by atoms with Gasteiger partial charge in [0.2, 0.25) is 0 Å². The highest BCUT2D eigenvalue weighted by atomic mass is 16.1. The zero-order valence-electron chi connectivity index (χ0n) is 14.4. The van der Waals surface area contributed by atoms with Crippen LogP contribution in [0.15, 0.2) is 48.5 Å². The van der Waals surface area contributed by atoms with Gasteiger partial charge >= 0.3 is 0 Å². The third-order valence-corrected chi connectivity index (χ3v) is 4.35. The van der Waals surface area contributed by atoms with E-state index in [1.807, 2.05) is 63.4 Å². The van der Waals surface area contributed by atoms with Gasteiger partial charge in [-0.05, 0) is 42.8 Å². The Morgan fingerprint density at radius 3 is 2.60 bits per heavy atom. The molecule has 0 radical (unpaired) electrons. The van der Waals surface area contributed by atoms with Gasteiger partial charge in [-0.15, -0.1) is 0 Å². The molecule has 2 aromatic carbocycles. The first-order chi connectivity index (χ1) is 12.0. The molecule has 5 heteroatoms. The van der Waals surface area contributed by atoms with Crippen molar-refractivity contribution in [2.75, 3.05) is 5.32 Å². The predicted molar refractivity (Wildman–Crippen MR) is 99.9 cm³/mol. The fraction of sp³-hybridized carbons (Fsp3) is 0.150. The Hall–Kier alpha value is -3.21. The van der Waals surface area contributed by atoms with Crippen LogP contribution >= 0.6 is 0 Å². The SMILES string of the molecule is Cc1cc(C(=O)Nc2ccc3ccccc3c2)c2c(C)nn(C)c2n1. The van der Waals surface area contributed by atoms with Crippen LogP contribution < -0.4 is 5.32 Å². The van der Waals surface area contributed by atoms with E-state index in [1.165, 1.54) is 0 Å². The number of carbonyl (C=O) groups excluding carboxylic acids is 1. The lowest BCUT2D eigenvalue weighted by molar-refractivity contribution is 0.102. The van der Waals surface area contributed by atoms with E-state index < -0.39 is 0 Å². The highest BCUT2D eigenvalue weighted by molar-refractivity contribution is 6.13. The highest BCUT2D eigenvalue weighted by Crippen LogP contribution is 2.24. The van der Waals surface area contributed by atoms with Gasteiger partial charge < -0.3 is 5.32 Å². The molecule has 0 spiro atoms. The van der Waals surface area contributed by atoms with Gasteiger partial charge in [0.1, 0.15) is 0 Å². The lowest BCUT2D eigenvalue weighted by Gasteiger charge is -2.09. The summed E-state index contributed by atoms with van der Waals surface area (Å²) in [4.78, 5) is 17.4. The third kappa shape index (κ3) is 2.63. The van der Waals surface area contributed by atoms with Crippen LogP contribution in [0, 0.1) is 13.8 Å². The van der Waals surface area contributed by atoms with Crippen LogP contribution in [0.25, 0.3) is 21.8 Å². The summed E-state index contributed by atoms with van der Waals surface area (Å²) in [5.74, 6) is -0.151. The van der Waals surface area contributed by atoms with Gasteiger partial charge in [0.15, 0.2) is 5.65 Å². The summed E-state index contributed by atoms with van der Waals surface area (Å²) in [6.45, 7) is 3.78. The van der Waals surface area contributed by atoms with Crippen molar-refractivity contribution in [3.8, 4) is 0 Å². The number of aromatic nitrogens is 3. The first kappa shape index (κ1) is 15.3. The number of nitrogens with zero attached hydrogens (tertiary/aromatic N) is 3. The summed E-state index contributed by atoms with van der Waals surface area (Å²) in [5.41, 5.74) is 3.68. The van der Waals surface area contributed by atoms with Gasteiger partial charge in [-0.1, -0.05) is 30.3 Å². The number of carbonyl (C=O) groups is 1. The molecule has 0 saturated carbocycles. The van der Waals surface area contributed by atoms with Crippen molar-refractivity contribution in [1.82, 2.24) is 14.8 Å². The Kier molecular flexibility index (Phi) is 3.50. The number of rotatable bonds is 2. The maximum atomic E-state index is 12.9. The maximum Gasteiger partial charge on any atom is 0.256 e. The second kappa shape index (κ2) is 5.70. The highest BCUT2D eigenvalue weighted by Gasteiger charge is 2.17. The molecule has 4 rings (SSSR count). The van der Waals surface area contributed by atoms with Gasteiger partial charge in [-0.3, -0.25) is 9.48 Å². The molecule has 5 nitrogen and oxygen atoms in total. The second-order valence-electron chi connectivity index (χ2n) is 6.23. The van der Waals surface area contributed by atoms with E-state index in [-0.39, 0.29) is 5.91 Å². The van der Waals surface area contributed by atoms with Crippen LogP contribution in [0.4, 0.5) is 5.69 Å². The van der Waals surface area contributed by atoms with E-state index in [1.54, 1.807) is 4.68 Å². The summed E-state index contributed by atoms with van der Waals surface area (Å²) >= 11 is 0. The first-order valence-electron chi connectivity index (χ1n) is 8.14. The smallest absolute Gasteiger partial charge is 0.256 e. The summed E-state index contributed by atoms with van der Waals surface area (Å²) in [7, 11) is 1.84. The molecule has 1 amide bonds. The van der Waals surface area contributed by atoms with Crippen molar-refractivity contribution in [3.05, 3.63) is 65.5 Å². The average molecular weight is 330 g/mol. The standard InChI is InChI=1S/C20H18N4O/c1-12-10-17(18-13(2)23-24(3)19(18)21-12)20(25)22-16-9-8-14-6-4-5-7-15(14)11-16/h4-11H,1-3H3,(H,22,25). The second-order valence-corrected chi connectivity index (χ2v) is 6.23. The van der Waals surface area contributed by atoms with E-state index in [0.717, 1.165) is 38.9 Å². The zero-order valence-corrected chi connectivity index (χ0v) is 14.4. The molecule has 0 fully saturated rings. The molecule has 0 aliphatic rings. The van der Waals surface area contributed by atoms with Crippen molar-refractivity contribution in [2.45, 2.75) is 13.8 Å². The Morgan fingerprint density at radius 1 is 1.04 bits per heavy atom. The molecule has 0 aliphatic heterocycles. The topological polar surface area (TPSA) is 59.8 Å². The molecule has 2 aromatic heterocycles.